The zero-order valence-electron chi connectivity index (χ0n) is 10.5. The first-order valence-electron chi connectivity index (χ1n) is 5.72. The largest absolute Gasteiger partial charge is 0.480 e. The highest BCUT2D eigenvalue weighted by Crippen LogP contribution is 2.24. The zero-order chi connectivity index (χ0) is 14.9. The lowest BCUT2D eigenvalue weighted by Crippen LogP contribution is -2.41. The second kappa shape index (κ2) is 5.94. The van der Waals surface area contributed by atoms with E-state index in [1.54, 1.807) is 6.26 Å². The van der Waals surface area contributed by atoms with E-state index in [2.05, 4.69) is 9.97 Å². The van der Waals surface area contributed by atoms with Crippen LogP contribution in [-0.4, -0.2) is 61.9 Å². The van der Waals surface area contributed by atoms with Crippen LogP contribution in [0.1, 0.15) is 16.9 Å². The molecule has 20 heavy (non-hydrogen) atoms. The minimum atomic E-state index is -1.16. The third-order valence-electron chi connectivity index (χ3n) is 2.93. The van der Waals surface area contributed by atoms with Crippen LogP contribution in [0.25, 0.3) is 0 Å². The van der Waals surface area contributed by atoms with Crippen molar-refractivity contribution in [3.63, 3.8) is 0 Å². The number of halogens is 1. The van der Waals surface area contributed by atoms with Crippen molar-refractivity contribution in [3.8, 4) is 0 Å². The Bertz CT molecular complexity index is 556. The molecule has 1 fully saturated rings. The quantitative estimate of drug-likeness (QED) is 0.618. The number of hydrogen-bond acceptors (Lipinski definition) is 6. The number of amides is 1. The highest BCUT2D eigenvalue weighted by atomic mass is 35.5. The predicted molar refractivity (Wildman–Crippen MR) is 71.9 cm³/mol. The monoisotopic (exact) mass is 317 g/mol. The number of carboxylic acid groups (broad SMARTS) is 1. The van der Waals surface area contributed by atoms with Gasteiger partial charge in [-0.1, -0.05) is 23.4 Å². The van der Waals surface area contributed by atoms with Crippen molar-refractivity contribution in [2.75, 3.05) is 12.8 Å². The van der Waals surface area contributed by atoms with Gasteiger partial charge in [-0.15, -0.1) is 0 Å². The molecule has 1 aliphatic heterocycles. The SMILES string of the molecule is CSc1ncc(Cl)c(C(=O)N2CC(O)C[C@H]2C(=O)O)n1. The van der Waals surface area contributed by atoms with Gasteiger partial charge in [0.1, 0.15) is 6.04 Å². The van der Waals surface area contributed by atoms with Gasteiger partial charge in [0.2, 0.25) is 0 Å². The maximum absolute atomic E-state index is 12.4. The van der Waals surface area contributed by atoms with E-state index < -0.39 is 24.0 Å². The molecule has 0 aliphatic carbocycles. The summed E-state index contributed by atoms with van der Waals surface area (Å²) in [5.41, 5.74) is -0.0497. The van der Waals surface area contributed by atoms with Gasteiger partial charge < -0.3 is 15.1 Å². The van der Waals surface area contributed by atoms with E-state index in [1.165, 1.54) is 18.0 Å². The highest BCUT2D eigenvalue weighted by Gasteiger charge is 2.40. The molecule has 0 aromatic carbocycles. The number of rotatable bonds is 3. The molecule has 1 unspecified atom stereocenters. The van der Waals surface area contributed by atoms with E-state index in [-0.39, 0.29) is 23.7 Å². The normalized spacial score (nSPS) is 22.1. The molecule has 9 heteroatoms. The molecule has 1 amide bonds. The van der Waals surface area contributed by atoms with E-state index in [9.17, 15) is 14.7 Å². The number of carbonyl (C=O) groups excluding carboxylic acids is 1. The maximum atomic E-state index is 12.4. The Labute approximate surface area is 124 Å². The lowest BCUT2D eigenvalue weighted by molar-refractivity contribution is -0.141. The van der Waals surface area contributed by atoms with Crippen LogP contribution in [0, 0.1) is 0 Å². The van der Waals surface area contributed by atoms with Crippen LogP contribution < -0.4 is 0 Å². The van der Waals surface area contributed by atoms with Crippen molar-refractivity contribution in [2.24, 2.45) is 0 Å². The molecule has 108 valence electrons. The number of hydrogen-bond donors (Lipinski definition) is 2. The Morgan fingerprint density at radius 2 is 2.25 bits per heavy atom. The van der Waals surface area contributed by atoms with E-state index in [1.807, 2.05) is 0 Å². The molecular formula is C11H12ClN3O4S. The standard InChI is InChI=1S/C11H12ClN3O4S/c1-20-11-13-3-6(12)8(14-11)9(17)15-4-5(16)2-7(15)10(18)19/h3,5,7,16H,2,4H2,1H3,(H,18,19)/t5?,7-/m0/s1. The average molecular weight is 318 g/mol. The van der Waals surface area contributed by atoms with Crippen LogP contribution in [0.5, 0.6) is 0 Å². The van der Waals surface area contributed by atoms with Crippen LogP contribution in [0.2, 0.25) is 5.02 Å². The van der Waals surface area contributed by atoms with Crippen LogP contribution in [-0.2, 0) is 4.79 Å². The fourth-order valence-electron chi connectivity index (χ4n) is 2.01. The maximum Gasteiger partial charge on any atom is 0.326 e. The number of aliphatic hydroxyl groups is 1. The van der Waals surface area contributed by atoms with Crippen molar-refractivity contribution in [3.05, 3.63) is 16.9 Å². The Hall–Kier alpha value is -1.38. The van der Waals surface area contributed by atoms with Crippen molar-refractivity contribution in [2.45, 2.75) is 23.7 Å². The summed E-state index contributed by atoms with van der Waals surface area (Å²) in [6, 6.07) is -1.07. The first kappa shape index (κ1) is 15.0. The van der Waals surface area contributed by atoms with Crippen LogP contribution >= 0.6 is 23.4 Å². The fourth-order valence-corrected chi connectivity index (χ4v) is 2.52. The molecule has 0 radical (unpaired) electrons. The summed E-state index contributed by atoms with van der Waals surface area (Å²) < 4.78 is 0. The van der Waals surface area contributed by atoms with Crippen LogP contribution in [0.4, 0.5) is 0 Å². The third kappa shape index (κ3) is 2.87. The number of thioether (sulfide) groups is 1. The van der Waals surface area contributed by atoms with E-state index >= 15 is 0 Å². The van der Waals surface area contributed by atoms with Gasteiger partial charge in [-0.2, -0.15) is 0 Å². The van der Waals surface area contributed by atoms with Crippen LogP contribution in [0.15, 0.2) is 11.4 Å². The Kier molecular flexibility index (Phi) is 4.46. The second-order valence-corrected chi connectivity index (χ2v) is 5.43. The Morgan fingerprint density at radius 3 is 2.85 bits per heavy atom. The summed E-state index contributed by atoms with van der Waals surface area (Å²) in [5.74, 6) is -1.78. The molecule has 2 heterocycles. The van der Waals surface area contributed by atoms with Gasteiger partial charge in [-0.25, -0.2) is 14.8 Å². The lowest BCUT2D eigenvalue weighted by atomic mass is 10.2. The van der Waals surface area contributed by atoms with Crippen molar-refractivity contribution in [1.29, 1.82) is 0 Å². The number of carbonyl (C=O) groups is 2. The third-order valence-corrected chi connectivity index (χ3v) is 3.77. The number of likely N-dealkylation sites (tertiary alicyclic amines) is 1. The molecule has 1 aromatic rings. The molecular weight excluding hydrogens is 306 g/mol. The van der Waals surface area contributed by atoms with E-state index in [0.29, 0.717) is 5.16 Å². The molecule has 2 N–H and O–H groups in total. The van der Waals surface area contributed by atoms with E-state index in [0.717, 1.165) is 4.90 Å². The van der Waals surface area contributed by atoms with Gasteiger partial charge >= 0.3 is 5.97 Å². The molecule has 0 spiro atoms. The summed E-state index contributed by atoms with van der Waals surface area (Å²) in [6.07, 6.45) is 2.19. The van der Waals surface area contributed by atoms with Crippen LogP contribution in [0.3, 0.4) is 0 Å². The first-order chi connectivity index (χ1) is 9.43. The fraction of sp³-hybridized carbons (Fsp3) is 0.455. The minimum absolute atomic E-state index is 0.000832. The number of aromatic nitrogens is 2. The van der Waals surface area contributed by atoms with Crippen molar-refractivity contribution < 1.29 is 19.8 Å². The molecule has 7 nitrogen and oxygen atoms in total. The molecule has 1 aliphatic rings. The number of aliphatic carboxylic acids is 1. The predicted octanol–water partition coefficient (Wildman–Crippen LogP) is 0.512. The zero-order valence-corrected chi connectivity index (χ0v) is 12.1. The van der Waals surface area contributed by atoms with Gasteiger partial charge in [0.15, 0.2) is 10.9 Å². The number of β-amino-alcohol motifs (C(OH)–C–C–N with tert-alkyl or cyclic N) is 1. The molecule has 1 aromatic heterocycles. The molecule has 0 bridgehead atoms. The van der Waals surface area contributed by atoms with Crippen molar-refractivity contribution in [1.82, 2.24) is 14.9 Å². The Balaban J connectivity index is 2.33. The van der Waals surface area contributed by atoms with Gasteiger partial charge in [-0.3, -0.25) is 4.79 Å². The van der Waals surface area contributed by atoms with E-state index in [4.69, 9.17) is 16.7 Å². The first-order valence-corrected chi connectivity index (χ1v) is 7.32. The molecule has 0 saturated carbocycles. The topological polar surface area (TPSA) is 104 Å². The smallest absolute Gasteiger partial charge is 0.326 e. The highest BCUT2D eigenvalue weighted by molar-refractivity contribution is 7.98. The Morgan fingerprint density at radius 1 is 1.55 bits per heavy atom. The summed E-state index contributed by atoms with van der Waals surface area (Å²) in [7, 11) is 0. The minimum Gasteiger partial charge on any atom is -0.480 e. The summed E-state index contributed by atoms with van der Waals surface area (Å²) >= 11 is 7.14. The average Bonchev–Trinajstić information content (AvgIpc) is 2.81. The second-order valence-electron chi connectivity index (χ2n) is 4.25. The molecule has 2 rings (SSSR count). The van der Waals surface area contributed by atoms with Gasteiger partial charge in [-0.05, 0) is 6.26 Å². The summed E-state index contributed by atoms with van der Waals surface area (Å²) in [5, 5.41) is 19.1. The number of nitrogens with zero attached hydrogens (tertiary/aromatic N) is 3. The lowest BCUT2D eigenvalue weighted by Gasteiger charge is -2.21. The molecule has 2 atom stereocenters. The van der Waals surface area contributed by atoms with Gasteiger partial charge in [0, 0.05) is 13.0 Å². The van der Waals surface area contributed by atoms with Gasteiger partial charge in [0.05, 0.1) is 17.3 Å². The van der Waals surface area contributed by atoms with Crippen molar-refractivity contribution >= 4 is 35.2 Å². The number of carboxylic acids is 1. The van der Waals surface area contributed by atoms with Gasteiger partial charge in [0.25, 0.3) is 5.91 Å². The molecule has 1 saturated heterocycles. The summed E-state index contributed by atoms with van der Waals surface area (Å²) in [6.45, 7) is -0.0509. The number of aliphatic hydroxyl groups excluding tert-OH is 1. The summed E-state index contributed by atoms with van der Waals surface area (Å²) in [4.78, 5) is 32.5.